The Bertz CT molecular complexity index is 882. The molecule has 0 radical (unpaired) electrons. The maximum atomic E-state index is 12.5. The molecular formula is C22H27N3O4. The van der Waals surface area contributed by atoms with Crippen LogP contribution < -0.4 is 15.5 Å². The van der Waals surface area contributed by atoms with Gasteiger partial charge >= 0.3 is 0 Å². The van der Waals surface area contributed by atoms with E-state index in [0.717, 1.165) is 16.7 Å². The van der Waals surface area contributed by atoms with Gasteiger partial charge in [-0.15, -0.1) is 0 Å². The zero-order valence-electron chi connectivity index (χ0n) is 17.3. The second kappa shape index (κ2) is 9.73. The van der Waals surface area contributed by atoms with Crippen LogP contribution in [0.1, 0.15) is 40.9 Å². The van der Waals surface area contributed by atoms with Crippen LogP contribution in [0.4, 0.5) is 0 Å². The number of carbonyl (C=O) groups is 2. The molecular weight excluding hydrogens is 370 g/mol. The lowest BCUT2D eigenvalue weighted by atomic mass is 10.0. The molecule has 0 fully saturated rings. The molecule has 1 atom stereocenters. The van der Waals surface area contributed by atoms with Crippen LogP contribution in [0.15, 0.2) is 41.5 Å². The van der Waals surface area contributed by atoms with E-state index in [1.807, 2.05) is 13.8 Å². The van der Waals surface area contributed by atoms with Crippen molar-refractivity contribution in [3.63, 3.8) is 0 Å². The number of aryl methyl sites for hydroxylation is 2. The van der Waals surface area contributed by atoms with Crippen LogP contribution in [0, 0.1) is 19.8 Å². The first kappa shape index (κ1) is 21.9. The highest BCUT2D eigenvalue weighted by atomic mass is 16.5. The number of phenolic OH excluding ortho intramolecular Hbond substituents is 1. The molecule has 2 rings (SSSR count). The predicted molar refractivity (Wildman–Crippen MR) is 112 cm³/mol. The highest BCUT2D eigenvalue weighted by Crippen LogP contribution is 2.22. The van der Waals surface area contributed by atoms with Gasteiger partial charge in [0.05, 0.1) is 13.3 Å². The minimum atomic E-state index is -0.745. The number of aromatic hydroxyl groups is 1. The van der Waals surface area contributed by atoms with Crippen molar-refractivity contribution >= 4 is 18.0 Å². The molecule has 0 saturated heterocycles. The predicted octanol–water partition coefficient (Wildman–Crippen LogP) is 2.92. The number of nitrogens with one attached hydrogen (secondary N) is 2. The summed E-state index contributed by atoms with van der Waals surface area (Å²) in [5.41, 5.74) is 5.11. The fourth-order valence-corrected chi connectivity index (χ4v) is 2.81. The van der Waals surface area contributed by atoms with Crippen molar-refractivity contribution in [3.05, 3.63) is 58.7 Å². The van der Waals surface area contributed by atoms with E-state index in [-0.39, 0.29) is 17.6 Å². The lowest BCUT2D eigenvalue weighted by Crippen LogP contribution is -2.48. The molecule has 0 heterocycles. The summed E-state index contributed by atoms with van der Waals surface area (Å²) in [5, 5.41) is 16.6. The van der Waals surface area contributed by atoms with Crippen LogP contribution in [-0.2, 0) is 4.79 Å². The number of amides is 2. The van der Waals surface area contributed by atoms with Crippen LogP contribution in [0.25, 0.3) is 0 Å². The second-order valence-electron chi connectivity index (χ2n) is 7.16. The Morgan fingerprint density at radius 1 is 1.10 bits per heavy atom. The van der Waals surface area contributed by atoms with Crippen molar-refractivity contribution in [1.29, 1.82) is 0 Å². The maximum Gasteiger partial charge on any atom is 0.262 e. The summed E-state index contributed by atoms with van der Waals surface area (Å²) in [6.45, 7) is 7.27. The van der Waals surface area contributed by atoms with E-state index in [4.69, 9.17) is 4.74 Å². The highest BCUT2D eigenvalue weighted by Gasteiger charge is 2.24. The molecule has 3 N–H and O–H groups in total. The van der Waals surface area contributed by atoms with Gasteiger partial charge in [0.1, 0.15) is 17.5 Å². The molecule has 0 saturated carbocycles. The first-order valence-corrected chi connectivity index (χ1v) is 9.31. The average molecular weight is 397 g/mol. The summed E-state index contributed by atoms with van der Waals surface area (Å²) in [7, 11) is 1.55. The molecule has 0 aromatic heterocycles. The number of nitrogens with zero attached hydrogens (tertiary/aromatic N) is 1. The van der Waals surface area contributed by atoms with Gasteiger partial charge < -0.3 is 15.2 Å². The fraction of sp³-hybridized carbons (Fsp3) is 0.318. The Hall–Kier alpha value is -3.35. The Morgan fingerprint density at radius 3 is 2.21 bits per heavy atom. The third-order valence-corrected chi connectivity index (χ3v) is 4.49. The van der Waals surface area contributed by atoms with Crippen LogP contribution >= 0.6 is 0 Å². The Balaban J connectivity index is 2.04. The van der Waals surface area contributed by atoms with Crippen molar-refractivity contribution in [2.24, 2.45) is 11.0 Å². The van der Waals surface area contributed by atoms with Crippen molar-refractivity contribution in [1.82, 2.24) is 10.7 Å². The van der Waals surface area contributed by atoms with Gasteiger partial charge in [0.2, 0.25) is 0 Å². The molecule has 0 spiro atoms. The van der Waals surface area contributed by atoms with E-state index in [1.54, 1.807) is 57.4 Å². The van der Waals surface area contributed by atoms with E-state index in [0.29, 0.717) is 11.3 Å². The monoisotopic (exact) mass is 397 g/mol. The molecule has 0 bridgehead atoms. The molecule has 2 amide bonds. The number of hydrogen-bond acceptors (Lipinski definition) is 5. The van der Waals surface area contributed by atoms with Gasteiger partial charge in [-0.3, -0.25) is 9.59 Å². The van der Waals surface area contributed by atoms with Crippen molar-refractivity contribution < 1.29 is 19.4 Å². The summed E-state index contributed by atoms with van der Waals surface area (Å²) in [5.74, 6) is -0.00722. The first-order valence-electron chi connectivity index (χ1n) is 9.31. The molecule has 154 valence electrons. The molecule has 0 aliphatic rings. The number of phenols is 1. The molecule has 1 unspecified atom stereocenters. The first-order chi connectivity index (χ1) is 13.7. The fourth-order valence-electron chi connectivity index (χ4n) is 2.81. The number of carbonyl (C=O) groups excluding carboxylic acids is 2. The summed E-state index contributed by atoms with van der Waals surface area (Å²) in [4.78, 5) is 25.0. The minimum absolute atomic E-state index is 0.134. The van der Waals surface area contributed by atoms with E-state index >= 15 is 0 Å². The number of hydrogen-bond donors (Lipinski definition) is 3. The number of hydrazone groups is 1. The molecule has 2 aromatic rings. The molecule has 7 heteroatoms. The van der Waals surface area contributed by atoms with Crippen molar-refractivity contribution in [3.8, 4) is 11.5 Å². The van der Waals surface area contributed by atoms with Crippen LogP contribution in [0.2, 0.25) is 0 Å². The van der Waals surface area contributed by atoms with Gasteiger partial charge in [0.25, 0.3) is 11.8 Å². The summed E-state index contributed by atoms with van der Waals surface area (Å²) < 4.78 is 5.08. The second-order valence-corrected chi connectivity index (χ2v) is 7.16. The minimum Gasteiger partial charge on any atom is -0.507 e. The molecule has 0 aliphatic heterocycles. The molecule has 29 heavy (non-hydrogen) atoms. The maximum absolute atomic E-state index is 12.5. The van der Waals surface area contributed by atoms with Crippen LogP contribution in [-0.4, -0.2) is 36.3 Å². The Kier molecular flexibility index (Phi) is 7.36. The van der Waals surface area contributed by atoms with Gasteiger partial charge in [0.15, 0.2) is 0 Å². The lowest BCUT2D eigenvalue weighted by Gasteiger charge is -2.20. The van der Waals surface area contributed by atoms with Gasteiger partial charge in [-0.1, -0.05) is 13.8 Å². The quantitative estimate of drug-likeness (QED) is 0.494. The van der Waals surface area contributed by atoms with Crippen molar-refractivity contribution in [2.45, 2.75) is 33.7 Å². The van der Waals surface area contributed by atoms with Gasteiger partial charge in [-0.2, -0.15) is 5.10 Å². The van der Waals surface area contributed by atoms with E-state index in [9.17, 15) is 14.7 Å². The standard InChI is InChI=1S/C22H27N3O4/c1-13(2)19(24-21(27)17-6-8-18(29-5)9-7-17)22(28)25-23-12-16-10-14(3)20(26)15(4)11-16/h6-13,19,26H,1-5H3,(H,24,27)(H,25,28). The number of benzene rings is 2. The Labute approximate surface area is 170 Å². The lowest BCUT2D eigenvalue weighted by molar-refractivity contribution is -0.123. The molecule has 7 nitrogen and oxygen atoms in total. The topological polar surface area (TPSA) is 100 Å². The summed E-state index contributed by atoms with van der Waals surface area (Å²) in [6.07, 6.45) is 1.50. The highest BCUT2D eigenvalue weighted by molar-refractivity contribution is 5.97. The van der Waals surface area contributed by atoms with Crippen molar-refractivity contribution in [2.75, 3.05) is 7.11 Å². The smallest absolute Gasteiger partial charge is 0.262 e. The van der Waals surface area contributed by atoms with Crippen LogP contribution in [0.3, 0.4) is 0 Å². The zero-order valence-corrected chi connectivity index (χ0v) is 17.3. The average Bonchev–Trinajstić information content (AvgIpc) is 2.69. The number of rotatable bonds is 7. The third-order valence-electron chi connectivity index (χ3n) is 4.49. The Morgan fingerprint density at radius 2 is 1.69 bits per heavy atom. The van der Waals surface area contributed by atoms with E-state index < -0.39 is 11.9 Å². The summed E-state index contributed by atoms with van der Waals surface area (Å²) in [6, 6.07) is 9.43. The normalized spacial score (nSPS) is 12.1. The molecule has 2 aromatic carbocycles. The van der Waals surface area contributed by atoms with Gasteiger partial charge in [-0.05, 0) is 72.9 Å². The third kappa shape index (κ3) is 5.81. The number of ether oxygens (including phenoxy) is 1. The largest absolute Gasteiger partial charge is 0.507 e. The van der Waals surface area contributed by atoms with E-state index in [1.165, 1.54) is 6.21 Å². The van der Waals surface area contributed by atoms with Gasteiger partial charge in [0, 0.05) is 5.56 Å². The van der Waals surface area contributed by atoms with Crippen LogP contribution in [0.5, 0.6) is 11.5 Å². The van der Waals surface area contributed by atoms with Gasteiger partial charge in [-0.25, -0.2) is 5.43 Å². The van der Waals surface area contributed by atoms with E-state index in [2.05, 4.69) is 15.8 Å². The molecule has 0 aliphatic carbocycles. The number of methoxy groups -OCH3 is 1. The SMILES string of the molecule is COc1ccc(C(=O)NC(C(=O)NN=Cc2cc(C)c(O)c(C)c2)C(C)C)cc1. The summed E-state index contributed by atoms with van der Waals surface area (Å²) >= 11 is 0. The zero-order chi connectivity index (χ0) is 21.6.